The number of hydroxylamine groups is 2. The van der Waals surface area contributed by atoms with E-state index < -0.39 is 40.2 Å². The summed E-state index contributed by atoms with van der Waals surface area (Å²) in [6.45, 7) is 6.10. The Bertz CT molecular complexity index is 1020. The van der Waals surface area contributed by atoms with Crippen LogP contribution in [0.25, 0.3) is 0 Å². The van der Waals surface area contributed by atoms with Gasteiger partial charge in [0.1, 0.15) is 11.6 Å². The van der Waals surface area contributed by atoms with E-state index >= 15 is 0 Å². The highest BCUT2D eigenvalue weighted by Gasteiger charge is 2.64. The number of alkyl carbamates (subject to hydrolysis) is 1. The number of rotatable bonds is 8. The minimum absolute atomic E-state index is 0.257. The summed E-state index contributed by atoms with van der Waals surface area (Å²) in [4.78, 5) is 25.9. The topological polar surface area (TPSA) is 164 Å². The molecule has 33 heavy (non-hydrogen) atoms. The predicted octanol–water partition coefficient (Wildman–Crippen LogP) is 1.98. The van der Waals surface area contributed by atoms with E-state index in [9.17, 15) is 18.0 Å². The maximum Gasteiger partial charge on any atom is 0.418 e. The lowest BCUT2D eigenvalue weighted by Crippen LogP contribution is -2.43. The summed E-state index contributed by atoms with van der Waals surface area (Å²) in [7, 11) is -4.82. The van der Waals surface area contributed by atoms with Gasteiger partial charge in [0.05, 0.1) is 6.04 Å². The molecule has 2 aliphatic heterocycles. The lowest BCUT2D eigenvalue weighted by molar-refractivity contribution is -0.0530. The third kappa shape index (κ3) is 5.38. The van der Waals surface area contributed by atoms with Crippen LogP contribution in [0.5, 0.6) is 0 Å². The Morgan fingerprint density at radius 3 is 2.67 bits per heavy atom. The summed E-state index contributed by atoms with van der Waals surface area (Å²) in [5.74, 6) is 0.718. The SMILES string of the molecule is CC(C)(C)OC(=O)NCCCCc1nnc([C@@H]2CC3(CC3)[C@@H]3CN2C(=O)N3OS(=O)(=O)O)o1. The van der Waals surface area contributed by atoms with Gasteiger partial charge in [-0.2, -0.15) is 13.5 Å². The second kappa shape index (κ2) is 8.40. The van der Waals surface area contributed by atoms with Gasteiger partial charge in [0.25, 0.3) is 0 Å². The summed E-state index contributed by atoms with van der Waals surface area (Å²) >= 11 is 0. The number of ether oxygens (including phenoxy) is 1. The van der Waals surface area contributed by atoms with Gasteiger partial charge in [-0.15, -0.1) is 14.5 Å². The number of fused-ring (bicyclic) bond motifs is 3. The van der Waals surface area contributed by atoms with Crippen LogP contribution in [0.15, 0.2) is 4.42 Å². The third-order valence-corrected chi connectivity index (χ3v) is 6.44. The van der Waals surface area contributed by atoms with Gasteiger partial charge in [-0.1, -0.05) is 0 Å². The van der Waals surface area contributed by atoms with E-state index in [1.54, 1.807) is 20.8 Å². The van der Waals surface area contributed by atoms with Crippen molar-refractivity contribution in [3.8, 4) is 0 Å². The van der Waals surface area contributed by atoms with Crippen molar-refractivity contribution in [1.29, 1.82) is 0 Å². The fourth-order valence-electron chi connectivity index (χ4n) is 4.44. The van der Waals surface area contributed by atoms with E-state index in [4.69, 9.17) is 13.7 Å². The second-order valence-electron chi connectivity index (χ2n) is 9.78. The Hall–Kier alpha value is -2.45. The number of hydrogen-bond donors (Lipinski definition) is 2. The molecular formula is C19H29N5O8S. The molecule has 0 unspecified atom stereocenters. The number of unbranched alkanes of at least 4 members (excludes halogenated alkanes) is 1. The van der Waals surface area contributed by atoms with Gasteiger partial charge in [0.2, 0.25) is 11.8 Å². The fourth-order valence-corrected chi connectivity index (χ4v) is 4.82. The second-order valence-corrected chi connectivity index (χ2v) is 10.8. The molecule has 3 heterocycles. The molecule has 3 fully saturated rings. The third-order valence-electron chi connectivity index (χ3n) is 6.09. The number of urea groups is 1. The molecule has 0 radical (unpaired) electrons. The molecule has 3 amide bonds. The van der Waals surface area contributed by atoms with Gasteiger partial charge in [-0.05, 0) is 58.3 Å². The molecule has 0 aromatic carbocycles. The van der Waals surface area contributed by atoms with Crippen LogP contribution in [-0.4, -0.2) is 70.0 Å². The number of carbonyl (C=O) groups excluding carboxylic acids is 2. The average Bonchev–Trinajstić information content (AvgIpc) is 3.18. The summed E-state index contributed by atoms with van der Waals surface area (Å²) in [6.07, 6.45) is 3.61. The van der Waals surface area contributed by atoms with Crippen LogP contribution < -0.4 is 5.32 Å². The van der Waals surface area contributed by atoms with Gasteiger partial charge < -0.3 is 19.4 Å². The Morgan fingerprint density at radius 2 is 2.03 bits per heavy atom. The lowest BCUT2D eigenvalue weighted by atomic mass is 9.85. The number of amides is 3. The highest BCUT2D eigenvalue weighted by Crippen LogP contribution is 2.61. The molecule has 2 atom stereocenters. The van der Waals surface area contributed by atoms with Crippen molar-refractivity contribution in [2.75, 3.05) is 13.1 Å². The van der Waals surface area contributed by atoms with Crippen LogP contribution >= 0.6 is 0 Å². The highest BCUT2D eigenvalue weighted by molar-refractivity contribution is 7.80. The van der Waals surface area contributed by atoms with E-state index in [1.165, 1.54) is 4.90 Å². The van der Waals surface area contributed by atoms with Crippen molar-refractivity contribution < 1.29 is 36.0 Å². The molecule has 2 bridgehead atoms. The van der Waals surface area contributed by atoms with E-state index in [0.29, 0.717) is 44.0 Å². The van der Waals surface area contributed by atoms with Gasteiger partial charge in [0, 0.05) is 19.5 Å². The Morgan fingerprint density at radius 1 is 1.30 bits per heavy atom. The normalized spacial score (nSPS) is 23.8. The quantitative estimate of drug-likeness (QED) is 0.409. The molecule has 14 heteroatoms. The first-order valence-electron chi connectivity index (χ1n) is 10.9. The average molecular weight is 488 g/mol. The zero-order valence-electron chi connectivity index (χ0n) is 18.8. The predicted molar refractivity (Wildman–Crippen MR) is 111 cm³/mol. The molecule has 1 aromatic rings. The fraction of sp³-hybridized carbons (Fsp3) is 0.789. The zero-order chi connectivity index (χ0) is 24.0. The van der Waals surface area contributed by atoms with Gasteiger partial charge in [-0.25, -0.2) is 9.59 Å². The first-order valence-corrected chi connectivity index (χ1v) is 12.3. The lowest BCUT2D eigenvalue weighted by Gasteiger charge is -2.34. The van der Waals surface area contributed by atoms with Gasteiger partial charge in [0.15, 0.2) is 0 Å². The van der Waals surface area contributed by atoms with Crippen molar-refractivity contribution in [2.45, 2.75) is 77.0 Å². The van der Waals surface area contributed by atoms with Crippen molar-refractivity contribution >= 4 is 22.5 Å². The summed E-state index contributed by atoms with van der Waals surface area (Å²) in [6, 6.07) is -1.59. The van der Waals surface area contributed by atoms with Gasteiger partial charge >= 0.3 is 22.5 Å². The maximum atomic E-state index is 12.8. The molecular weight excluding hydrogens is 458 g/mol. The van der Waals surface area contributed by atoms with Crippen LogP contribution in [-0.2, 0) is 25.8 Å². The van der Waals surface area contributed by atoms with E-state index in [2.05, 4.69) is 19.8 Å². The minimum Gasteiger partial charge on any atom is -0.444 e. The highest BCUT2D eigenvalue weighted by atomic mass is 32.3. The molecule has 1 spiro atoms. The van der Waals surface area contributed by atoms with Crippen molar-refractivity contribution in [3.63, 3.8) is 0 Å². The number of nitrogens with zero attached hydrogens (tertiary/aromatic N) is 4. The molecule has 4 rings (SSSR count). The largest absolute Gasteiger partial charge is 0.444 e. The van der Waals surface area contributed by atoms with Crippen LogP contribution in [0.2, 0.25) is 0 Å². The molecule has 2 N–H and O–H groups in total. The number of carbonyl (C=O) groups is 2. The zero-order valence-corrected chi connectivity index (χ0v) is 19.6. The van der Waals surface area contributed by atoms with Crippen molar-refractivity contribution in [2.24, 2.45) is 5.41 Å². The smallest absolute Gasteiger partial charge is 0.418 e. The van der Waals surface area contributed by atoms with Gasteiger partial charge in [-0.3, -0.25) is 4.55 Å². The summed E-state index contributed by atoms with van der Waals surface area (Å²) in [5, 5.41) is 11.7. The molecule has 1 aliphatic carbocycles. The summed E-state index contributed by atoms with van der Waals surface area (Å²) in [5.41, 5.74) is -0.839. The van der Waals surface area contributed by atoms with E-state index in [1.807, 2.05) is 0 Å². The number of aryl methyl sites for hydroxylation is 1. The van der Waals surface area contributed by atoms with Crippen LogP contribution in [0.4, 0.5) is 9.59 Å². The minimum atomic E-state index is -4.82. The first-order chi connectivity index (χ1) is 15.4. The van der Waals surface area contributed by atoms with Crippen LogP contribution in [0, 0.1) is 5.41 Å². The van der Waals surface area contributed by atoms with E-state index in [0.717, 1.165) is 17.9 Å². The maximum absolute atomic E-state index is 12.8. The van der Waals surface area contributed by atoms with E-state index in [-0.39, 0.29) is 12.0 Å². The van der Waals surface area contributed by atoms with Crippen LogP contribution in [0.1, 0.15) is 70.7 Å². The molecule has 1 saturated carbocycles. The number of hydrogen-bond acceptors (Lipinski definition) is 9. The molecule has 2 saturated heterocycles. The molecule has 184 valence electrons. The molecule has 1 aromatic heterocycles. The summed E-state index contributed by atoms with van der Waals surface area (Å²) < 4.78 is 47.0. The van der Waals surface area contributed by atoms with Crippen molar-refractivity contribution in [3.05, 3.63) is 11.8 Å². The van der Waals surface area contributed by atoms with Crippen molar-refractivity contribution in [1.82, 2.24) is 25.5 Å². The molecule has 13 nitrogen and oxygen atoms in total. The Labute approximate surface area is 191 Å². The molecule has 3 aliphatic rings. The number of aromatic nitrogens is 2. The Kier molecular flexibility index (Phi) is 6.03. The number of piperidine rings is 1. The Balaban J connectivity index is 1.32. The first kappa shape index (κ1) is 23.7. The standard InChI is InChI=1S/C19H29N5O8S/c1-18(2,3)31-16(25)20-9-5-4-6-14-21-22-15(30-14)12-10-19(7-8-19)13-11-23(12)17(26)24(13)32-33(27,28)29/h12-13H,4-11H2,1-3H3,(H,20,25)(H,27,28,29)/t12-,13-/m0/s1. The monoisotopic (exact) mass is 487 g/mol. The van der Waals surface area contributed by atoms with Crippen LogP contribution in [0.3, 0.4) is 0 Å². The number of nitrogens with one attached hydrogen (secondary N) is 1.